The number of nitrogens with one attached hydrogen (secondary N) is 1. The SMILES string of the molecule is CCC/C=C\CCCCCCCC(=O)NC(COC1OC(CO)C(OC2OC(CO)C(OC3OC(CO)C(O)C(O)C3O)C(O)C2O)C(O)C1O)C(O)/C=C/CCCCCCCCCCC. The molecule has 0 aliphatic carbocycles. The second-order valence-electron chi connectivity index (χ2n) is 17.9. The third-order valence-electron chi connectivity index (χ3n) is 12.5. The molecule has 386 valence electrons. The third kappa shape index (κ3) is 19.2. The summed E-state index contributed by atoms with van der Waals surface area (Å²) < 4.78 is 34.0. The zero-order valence-corrected chi connectivity index (χ0v) is 39.2. The van der Waals surface area contributed by atoms with E-state index in [0.29, 0.717) is 6.42 Å². The van der Waals surface area contributed by atoms with Crippen molar-refractivity contribution in [1.82, 2.24) is 5.32 Å². The van der Waals surface area contributed by atoms with Gasteiger partial charge in [-0.15, -0.1) is 0 Å². The zero-order chi connectivity index (χ0) is 48.4. The van der Waals surface area contributed by atoms with Crippen molar-refractivity contribution in [2.75, 3.05) is 26.4 Å². The van der Waals surface area contributed by atoms with E-state index in [0.717, 1.165) is 70.6 Å². The molecule has 0 aromatic rings. The molecule has 66 heavy (non-hydrogen) atoms. The number of carbonyl (C=O) groups is 1. The molecule has 3 heterocycles. The summed E-state index contributed by atoms with van der Waals surface area (Å²) >= 11 is 0. The van der Waals surface area contributed by atoms with Crippen LogP contribution in [0.15, 0.2) is 24.3 Å². The Kier molecular flexibility index (Phi) is 29.3. The first-order valence-electron chi connectivity index (χ1n) is 24.6. The van der Waals surface area contributed by atoms with Gasteiger partial charge in [0.1, 0.15) is 73.2 Å². The standard InChI is InChI=1S/C47H85NO18/c1-3-5-7-9-11-13-15-16-18-20-22-24-31(52)30(48-35(53)25-23-21-19-17-14-12-10-8-6-4-2)29-61-45-41(59)38(56)43(33(27-50)63-45)66-47-42(60)39(57)44(34(28-51)64-47)65-46-40(58)37(55)36(54)32(26-49)62-46/h8,10,22,24,30-34,36-47,49-52,54-60H,3-7,9,11-21,23,25-29H2,1-2H3,(H,48,53)/b10-8-,24-22+. The van der Waals surface area contributed by atoms with Crippen LogP contribution in [0.5, 0.6) is 0 Å². The van der Waals surface area contributed by atoms with Crippen molar-refractivity contribution >= 4 is 5.91 Å². The van der Waals surface area contributed by atoms with Crippen molar-refractivity contribution in [2.24, 2.45) is 0 Å². The predicted octanol–water partition coefficient (Wildman–Crippen LogP) is 0.861. The smallest absolute Gasteiger partial charge is 0.220 e. The maximum Gasteiger partial charge on any atom is 0.220 e. The van der Waals surface area contributed by atoms with Crippen LogP contribution >= 0.6 is 0 Å². The Morgan fingerprint density at radius 2 is 0.985 bits per heavy atom. The number of allylic oxidation sites excluding steroid dienone is 3. The van der Waals surface area contributed by atoms with Crippen LogP contribution in [-0.4, -0.2) is 193 Å². The monoisotopic (exact) mass is 952 g/mol. The van der Waals surface area contributed by atoms with Crippen LogP contribution in [0.2, 0.25) is 0 Å². The summed E-state index contributed by atoms with van der Waals surface area (Å²) in [7, 11) is 0. The molecule has 3 fully saturated rings. The molecule has 19 nitrogen and oxygen atoms in total. The van der Waals surface area contributed by atoms with E-state index in [2.05, 4.69) is 31.3 Å². The number of carbonyl (C=O) groups excluding carboxylic acids is 1. The molecule has 3 rings (SSSR count). The lowest BCUT2D eigenvalue weighted by Crippen LogP contribution is -2.66. The molecule has 0 spiro atoms. The number of aliphatic hydroxyl groups excluding tert-OH is 11. The van der Waals surface area contributed by atoms with Crippen LogP contribution in [-0.2, 0) is 33.2 Å². The number of ether oxygens (including phenoxy) is 6. The minimum atomic E-state index is -1.97. The van der Waals surface area contributed by atoms with E-state index in [4.69, 9.17) is 28.4 Å². The summed E-state index contributed by atoms with van der Waals surface area (Å²) in [5.74, 6) is -0.292. The lowest BCUT2D eigenvalue weighted by atomic mass is 9.96. The summed E-state index contributed by atoms with van der Waals surface area (Å²) in [5.41, 5.74) is 0. The fourth-order valence-corrected chi connectivity index (χ4v) is 8.31. The average molecular weight is 952 g/mol. The highest BCUT2D eigenvalue weighted by Gasteiger charge is 2.53. The summed E-state index contributed by atoms with van der Waals surface area (Å²) in [6, 6.07) is -0.970. The average Bonchev–Trinajstić information content (AvgIpc) is 3.31. The van der Waals surface area contributed by atoms with Gasteiger partial charge in [0.05, 0.1) is 38.6 Å². The maximum absolute atomic E-state index is 13.1. The van der Waals surface area contributed by atoms with Gasteiger partial charge in [-0.2, -0.15) is 0 Å². The van der Waals surface area contributed by atoms with E-state index in [-0.39, 0.29) is 18.9 Å². The predicted molar refractivity (Wildman–Crippen MR) is 240 cm³/mol. The number of amides is 1. The highest BCUT2D eigenvalue weighted by Crippen LogP contribution is 2.33. The van der Waals surface area contributed by atoms with E-state index in [1.807, 2.05) is 6.08 Å². The molecule has 3 aliphatic rings. The molecule has 17 unspecified atom stereocenters. The molecule has 0 radical (unpaired) electrons. The molecule has 12 N–H and O–H groups in total. The van der Waals surface area contributed by atoms with Gasteiger partial charge in [0.15, 0.2) is 18.9 Å². The second kappa shape index (κ2) is 33.0. The Bertz CT molecular complexity index is 1330. The van der Waals surface area contributed by atoms with Crippen molar-refractivity contribution < 1.29 is 89.4 Å². The molecule has 19 heteroatoms. The van der Waals surface area contributed by atoms with Gasteiger partial charge >= 0.3 is 0 Å². The van der Waals surface area contributed by atoms with Crippen LogP contribution in [0, 0.1) is 0 Å². The van der Waals surface area contributed by atoms with Gasteiger partial charge in [-0.25, -0.2) is 0 Å². The normalized spacial score (nSPS) is 34.0. The lowest BCUT2D eigenvalue weighted by molar-refractivity contribution is -0.379. The quantitative estimate of drug-likeness (QED) is 0.0321. The Morgan fingerprint density at radius 3 is 1.53 bits per heavy atom. The minimum Gasteiger partial charge on any atom is -0.394 e. The lowest BCUT2D eigenvalue weighted by Gasteiger charge is -2.48. The molecule has 1 amide bonds. The first-order valence-corrected chi connectivity index (χ1v) is 24.6. The summed E-state index contributed by atoms with van der Waals surface area (Å²) in [4.78, 5) is 13.1. The molecule has 3 saturated heterocycles. The Balaban J connectivity index is 1.59. The number of rotatable bonds is 33. The van der Waals surface area contributed by atoms with E-state index in [9.17, 15) is 61.0 Å². The van der Waals surface area contributed by atoms with E-state index in [1.54, 1.807) is 6.08 Å². The third-order valence-corrected chi connectivity index (χ3v) is 12.5. The first-order chi connectivity index (χ1) is 31.8. The van der Waals surface area contributed by atoms with Crippen LogP contribution in [0.4, 0.5) is 0 Å². The van der Waals surface area contributed by atoms with Crippen LogP contribution in [0.3, 0.4) is 0 Å². The van der Waals surface area contributed by atoms with Gasteiger partial charge in [0.2, 0.25) is 5.91 Å². The molecule has 17 atom stereocenters. The van der Waals surface area contributed by atoms with Gasteiger partial charge in [-0.3, -0.25) is 4.79 Å². The van der Waals surface area contributed by atoms with Crippen LogP contribution < -0.4 is 5.32 Å². The number of unbranched alkanes of at least 4 members (excludes halogenated alkanes) is 15. The van der Waals surface area contributed by atoms with E-state index >= 15 is 0 Å². The summed E-state index contributed by atoms with van der Waals surface area (Å²) in [6.07, 6.45) is 0.625. The first kappa shape index (κ1) is 58.6. The molecule has 3 aliphatic heterocycles. The summed E-state index contributed by atoms with van der Waals surface area (Å²) in [5, 5.41) is 119. The van der Waals surface area contributed by atoms with Gasteiger partial charge in [-0.05, 0) is 38.5 Å². The fourth-order valence-electron chi connectivity index (χ4n) is 8.31. The Hall–Kier alpha value is -1.73. The van der Waals surface area contributed by atoms with Crippen molar-refractivity contribution in [3.63, 3.8) is 0 Å². The second-order valence-corrected chi connectivity index (χ2v) is 17.9. The highest BCUT2D eigenvalue weighted by molar-refractivity contribution is 5.76. The van der Waals surface area contributed by atoms with Crippen LogP contribution in [0.1, 0.15) is 136 Å². The van der Waals surface area contributed by atoms with Crippen molar-refractivity contribution in [3.05, 3.63) is 24.3 Å². The van der Waals surface area contributed by atoms with E-state index < -0.39 is 124 Å². The molecular weight excluding hydrogens is 867 g/mol. The molecule has 0 saturated carbocycles. The molecular formula is C47H85NO18. The van der Waals surface area contributed by atoms with Crippen molar-refractivity contribution in [3.8, 4) is 0 Å². The van der Waals surface area contributed by atoms with Crippen molar-refractivity contribution in [2.45, 2.75) is 240 Å². The largest absolute Gasteiger partial charge is 0.394 e. The Labute approximate surface area is 390 Å². The molecule has 0 bridgehead atoms. The highest BCUT2D eigenvalue weighted by atomic mass is 16.8. The van der Waals surface area contributed by atoms with E-state index in [1.165, 1.54) is 38.5 Å². The fraction of sp³-hybridized carbons (Fsp3) is 0.894. The maximum atomic E-state index is 13.1. The van der Waals surface area contributed by atoms with Gasteiger partial charge in [-0.1, -0.05) is 115 Å². The van der Waals surface area contributed by atoms with Gasteiger partial charge in [0, 0.05) is 6.42 Å². The summed E-state index contributed by atoms with van der Waals surface area (Å²) in [6.45, 7) is 1.58. The minimum absolute atomic E-state index is 0.232. The number of hydrogen-bond acceptors (Lipinski definition) is 18. The Morgan fingerprint density at radius 1 is 0.530 bits per heavy atom. The number of aliphatic hydroxyl groups is 11. The van der Waals surface area contributed by atoms with Gasteiger partial charge in [0.25, 0.3) is 0 Å². The number of hydrogen-bond donors (Lipinski definition) is 12. The molecule has 0 aromatic heterocycles. The molecule has 0 aromatic carbocycles. The topological polar surface area (TPSA) is 307 Å². The zero-order valence-electron chi connectivity index (χ0n) is 39.2. The van der Waals surface area contributed by atoms with Gasteiger partial charge < -0.3 is 89.9 Å². The van der Waals surface area contributed by atoms with Crippen LogP contribution in [0.25, 0.3) is 0 Å². The van der Waals surface area contributed by atoms with Crippen molar-refractivity contribution in [1.29, 1.82) is 0 Å².